The third-order valence-corrected chi connectivity index (χ3v) is 4.32. The third-order valence-electron chi connectivity index (χ3n) is 3.25. The zero-order valence-corrected chi connectivity index (χ0v) is 10.8. The minimum Gasteiger partial charge on any atom is -0.470 e. The average Bonchev–Trinajstić information content (AvgIpc) is 2.73. The van der Waals surface area contributed by atoms with Crippen LogP contribution < -0.4 is 10.5 Å². The molecule has 1 heterocycles. The van der Waals surface area contributed by atoms with Crippen LogP contribution in [0, 0.1) is 11.8 Å². The van der Waals surface area contributed by atoms with E-state index < -0.39 is 0 Å². The normalized spacial score (nSPS) is 25.6. The minimum atomic E-state index is 0.513. The molecule has 0 saturated heterocycles. The first-order valence-electron chi connectivity index (χ1n) is 5.73. The monoisotopic (exact) mass is 260 g/mol. The Balaban J connectivity index is 1.84. The van der Waals surface area contributed by atoms with Crippen LogP contribution in [0.1, 0.15) is 25.7 Å². The van der Waals surface area contributed by atoms with Crippen molar-refractivity contribution in [2.45, 2.75) is 25.7 Å². The maximum absolute atomic E-state index is 5.78. The van der Waals surface area contributed by atoms with Crippen LogP contribution in [0.15, 0.2) is 5.38 Å². The second-order valence-corrected chi connectivity index (χ2v) is 5.50. The van der Waals surface area contributed by atoms with Gasteiger partial charge in [-0.05, 0) is 31.2 Å². The summed E-state index contributed by atoms with van der Waals surface area (Å²) in [6.07, 6.45) is 5.06. The van der Waals surface area contributed by atoms with Crippen molar-refractivity contribution in [3.8, 4) is 5.19 Å². The fraction of sp³-hybridized carbons (Fsp3) is 0.727. The summed E-state index contributed by atoms with van der Waals surface area (Å²) in [5.74, 6) is 1.20. The Morgan fingerprint density at radius 1 is 1.44 bits per heavy atom. The number of rotatable bonds is 4. The van der Waals surface area contributed by atoms with Crippen molar-refractivity contribution in [3.63, 3.8) is 0 Å². The Labute approximate surface area is 105 Å². The molecule has 0 amide bonds. The lowest BCUT2D eigenvalue weighted by molar-refractivity contribution is 0.153. The Morgan fingerprint density at radius 3 is 2.81 bits per heavy atom. The molecule has 0 aliphatic heterocycles. The van der Waals surface area contributed by atoms with Crippen LogP contribution in [0.25, 0.3) is 0 Å². The van der Waals surface area contributed by atoms with Crippen LogP contribution in [0.5, 0.6) is 5.19 Å². The fourth-order valence-corrected chi connectivity index (χ4v) is 3.10. The van der Waals surface area contributed by atoms with E-state index in [1.54, 1.807) is 5.38 Å². The summed E-state index contributed by atoms with van der Waals surface area (Å²) >= 11 is 7.19. The van der Waals surface area contributed by atoms with Crippen molar-refractivity contribution in [3.05, 3.63) is 10.5 Å². The molecule has 0 bridgehead atoms. The van der Waals surface area contributed by atoms with Gasteiger partial charge in [0.25, 0.3) is 5.19 Å². The molecule has 1 saturated carbocycles. The summed E-state index contributed by atoms with van der Waals surface area (Å²) in [7, 11) is 0. The highest BCUT2D eigenvalue weighted by Crippen LogP contribution is 2.30. The van der Waals surface area contributed by atoms with Crippen molar-refractivity contribution in [1.82, 2.24) is 4.98 Å². The Hall–Kier alpha value is -0.320. The van der Waals surface area contributed by atoms with Crippen LogP contribution in [0.2, 0.25) is 5.15 Å². The SMILES string of the molecule is NCC1CCCCC1COc1nc(Cl)cs1. The van der Waals surface area contributed by atoms with E-state index in [-0.39, 0.29) is 0 Å². The molecule has 2 N–H and O–H groups in total. The molecule has 1 aliphatic rings. The quantitative estimate of drug-likeness (QED) is 0.906. The van der Waals surface area contributed by atoms with Gasteiger partial charge in [0, 0.05) is 5.38 Å². The first kappa shape index (κ1) is 12.1. The second kappa shape index (κ2) is 5.84. The van der Waals surface area contributed by atoms with E-state index in [2.05, 4.69) is 4.98 Å². The number of ether oxygens (including phenoxy) is 1. The Morgan fingerprint density at radius 2 is 2.19 bits per heavy atom. The molecule has 0 spiro atoms. The van der Waals surface area contributed by atoms with Crippen molar-refractivity contribution < 1.29 is 4.74 Å². The molecule has 0 aromatic carbocycles. The van der Waals surface area contributed by atoms with Gasteiger partial charge >= 0.3 is 0 Å². The predicted molar refractivity (Wildman–Crippen MR) is 67.1 cm³/mol. The van der Waals surface area contributed by atoms with Crippen LogP contribution in [-0.4, -0.2) is 18.1 Å². The van der Waals surface area contributed by atoms with Crippen molar-refractivity contribution in [1.29, 1.82) is 0 Å². The van der Waals surface area contributed by atoms with E-state index in [0.29, 0.717) is 22.2 Å². The molecule has 1 aliphatic carbocycles. The molecule has 16 heavy (non-hydrogen) atoms. The molecule has 2 unspecified atom stereocenters. The van der Waals surface area contributed by atoms with Gasteiger partial charge in [0.05, 0.1) is 6.61 Å². The summed E-state index contributed by atoms with van der Waals surface area (Å²) in [5.41, 5.74) is 5.78. The summed E-state index contributed by atoms with van der Waals surface area (Å²) in [6.45, 7) is 1.50. The molecule has 90 valence electrons. The molecule has 2 rings (SSSR count). The van der Waals surface area contributed by atoms with Gasteiger partial charge in [-0.25, -0.2) is 0 Å². The van der Waals surface area contributed by atoms with Gasteiger partial charge in [-0.3, -0.25) is 0 Å². The van der Waals surface area contributed by atoms with E-state index in [0.717, 1.165) is 13.2 Å². The minimum absolute atomic E-state index is 0.513. The molecule has 2 atom stereocenters. The smallest absolute Gasteiger partial charge is 0.274 e. The highest BCUT2D eigenvalue weighted by molar-refractivity contribution is 7.11. The van der Waals surface area contributed by atoms with Crippen molar-refractivity contribution >= 4 is 22.9 Å². The van der Waals surface area contributed by atoms with Gasteiger partial charge in [0.15, 0.2) is 0 Å². The van der Waals surface area contributed by atoms with E-state index in [1.807, 2.05) is 0 Å². The molecule has 0 radical (unpaired) electrons. The lowest BCUT2D eigenvalue weighted by Crippen LogP contribution is -2.30. The van der Waals surface area contributed by atoms with E-state index in [1.165, 1.54) is 37.0 Å². The molecule has 5 heteroatoms. The van der Waals surface area contributed by atoms with Crippen LogP contribution in [0.4, 0.5) is 0 Å². The van der Waals surface area contributed by atoms with Crippen LogP contribution in [-0.2, 0) is 0 Å². The van der Waals surface area contributed by atoms with E-state index in [9.17, 15) is 0 Å². The van der Waals surface area contributed by atoms with Crippen molar-refractivity contribution in [2.75, 3.05) is 13.2 Å². The van der Waals surface area contributed by atoms with Crippen LogP contribution >= 0.6 is 22.9 Å². The maximum atomic E-state index is 5.78. The molecule has 1 aromatic heterocycles. The van der Waals surface area contributed by atoms with Gasteiger partial charge in [-0.1, -0.05) is 35.8 Å². The fourth-order valence-electron chi connectivity index (χ4n) is 2.30. The molecule has 1 fully saturated rings. The Bertz CT molecular complexity index is 332. The summed E-state index contributed by atoms with van der Waals surface area (Å²) in [4.78, 5) is 4.08. The lowest BCUT2D eigenvalue weighted by atomic mass is 9.80. The zero-order chi connectivity index (χ0) is 11.4. The first-order chi connectivity index (χ1) is 7.79. The van der Waals surface area contributed by atoms with Crippen LogP contribution in [0.3, 0.4) is 0 Å². The van der Waals surface area contributed by atoms with E-state index in [4.69, 9.17) is 22.1 Å². The molecular weight excluding hydrogens is 244 g/mol. The third kappa shape index (κ3) is 3.09. The molecule has 1 aromatic rings. The zero-order valence-electron chi connectivity index (χ0n) is 9.19. The summed E-state index contributed by atoms with van der Waals surface area (Å²) in [5, 5.41) is 2.98. The number of thiazole rings is 1. The first-order valence-corrected chi connectivity index (χ1v) is 6.99. The number of aromatic nitrogens is 1. The van der Waals surface area contributed by atoms with Crippen molar-refractivity contribution in [2.24, 2.45) is 17.6 Å². The Kier molecular flexibility index (Phi) is 4.44. The van der Waals surface area contributed by atoms with Gasteiger partial charge < -0.3 is 10.5 Å². The van der Waals surface area contributed by atoms with E-state index >= 15 is 0 Å². The average molecular weight is 261 g/mol. The highest BCUT2D eigenvalue weighted by atomic mass is 35.5. The summed E-state index contributed by atoms with van der Waals surface area (Å²) < 4.78 is 5.67. The standard InChI is InChI=1S/C11H17ClN2OS/c12-10-7-16-11(14-10)15-6-9-4-2-1-3-8(9)5-13/h7-9H,1-6,13H2. The summed E-state index contributed by atoms with van der Waals surface area (Å²) in [6, 6.07) is 0. The number of hydrogen-bond donors (Lipinski definition) is 1. The van der Waals surface area contributed by atoms with Gasteiger partial charge in [0.1, 0.15) is 5.15 Å². The lowest BCUT2D eigenvalue weighted by Gasteiger charge is -2.29. The van der Waals surface area contributed by atoms with Gasteiger partial charge in [0.2, 0.25) is 0 Å². The number of hydrogen-bond acceptors (Lipinski definition) is 4. The highest BCUT2D eigenvalue weighted by Gasteiger charge is 2.24. The molecular formula is C11H17ClN2OS. The van der Waals surface area contributed by atoms with Gasteiger partial charge in [-0.15, -0.1) is 0 Å². The second-order valence-electron chi connectivity index (χ2n) is 4.29. The number of nitrogens with zero attached hydrogens (tertiary/aromatic N) is 1. The maximum Gasteiger partial charge on any atom is 0.274 e. The van der Waals surface area contributed by atoms with Gasteiger partial charge in [-0.2, -0.15) is 4.98 Å². The molecule has 3 nitrogen and oxygen atoms in total. The number of nitrogens with two attached hydrogens (primary N) is 1. The topological polar surface area (TPSA) is 48.1 Å². The predicted octanol–water partition coefficient (Wildman–Crippen LogP) is 2.94. The number of halogens is 1. The largest absolute Gasteiger partial charge is 0.470 e.